The van der Waals surface area contributed by atoms with Crippen LogP contribution in [0.15, 0.2) is 42.5 Å². The molecule has 0 aromatic heterocycles. The molecule has 2 nitrogen and oxygen atoms in total. The number of hydrogen-bond donors (Lipinski definition) is 0. The van der Waals surface area contributed by atoms with Crippen LogP contribution in [0.3, 0.4) is 0 Å². The van der Waals surface area contributed by atoms with Crippen molar-refractivity contribution < 1.29 is 4.74 Å². The van der Waals surface area contributed by atoms with Crippen LogP contribution >= 0.6 is 27.5 Å². The Kier molecular flexibility index (Phi) is 5.32. The fraction of sp³-hybridized carbons (Fsp3) is 0.250. The van der Waals surface area contributed by atoms with Gasteiger partial charge in [0.2, 0.25) is 0 Å². The molecule has 0 aliphatic carbocycles. The maximum absolute atomic E-state index is 6.33. The van der Waals surface area contributed by atoms with Gasteiger partial charge in [-0.2, -0.15) is 0 Å². The van der Waals surface area contributed by atoms with E-state index in [9.17, 15) is 0 Å². The minimum atomic E-state index is 0.776. The SMILES string of the molecule is COc1ccc(CN(C)c2ccc(CBr)cc2Cl)cc1. The molecule has 0 saturated heterocycles. The minimum Gasteiger partial charge on any atom is -0.497 e. The van der Waals surface area contributed by atoms with Crippen molar-refractivity contribution in [2.45, 2.75) is 11.9 Å². The second kappa shape index (κ2) is 7.00. The van der Waals surface area contributed by atoms with Crippen LogP contribution in [0.2, 0.25) is 5.02 Å². The number of rotatable bonds is 5. The van der Waals surface area contributed by atoms with Crippen molar-refractivity contribution >= 4 is 33.2 Å². The van der Waals surface area contributed by atoms with Gasteiger partial charge in [0.15, 0.2) is 0 Å². The van der Waals surface area contributed by atoms with E-state index < -0.39 is 0 Å². The number of benzene rings is 2. The van der Waals surface area contributed by atoms with Crippen molar-refractivity contribution in [1.82, 2.24) is 0 Å². The quantitative estimate of drug-likeness (QED) is 0.710. The summed E-state index contributed by atoms with van der Waals surface area (Å²) in [5.74, 6) is 0.871. The Bertz CT molecular complexity index is 571. The fourth-order valence-corrected chi connectivity index (χ4v) is 2.73. The second-order valence-electron chi connectivity index (χ2n) is 4.62. The molecule has 0 unspecified atom stereocenters. The van der Waals surface area contributed by atoms with Gasteiger partial charge in [-0.1, -0.05) is 45.7 Å². The summed E-state index contributed by atoms with van der Waals surface area (Å²) >= 11 is 9.77. The van der Waals surface area contributed by atoms with Gasteiger partial charge in [-0.05, 0) is 35.4 Å². The predicted octanol–water partition coefficient (Wildman–Crippen LogP) is 4.88. The zero-order valence-corrected chi connectivity index (χ0v) is 13.9. The summed E-state index contributed by atoms with van der Waals surface area (Å²) in [5.41, 5.74) is 3.43. The van der Waals surface area contributed by atoms with E-state index in [4.69, 9.17) is 16.3 Å². The lowest BCUT2D eigenvalue weighted by molar-refractivity contribution is 0.414. The molecule has 0 amide bonds. The number of ether oxygens (including phenoxy) is 1. The second-order valence-corrected chi connectivity index (χ2v) is 5.59. The topological polar surface area (TPSA) is 12.5 Å². The highest BCUT2D eigenvalue weighted by Crippen LogP contribution is 2.28. The molecule has 2 rings (SSSR count). The first-order chi connectivity index (χ1) is 9.63. The van der Waals surface area contributed by atoms with Crippen molar-refractivity contribution in [3.63, 3.8) is 0 Å². The Balaban J connectivity index is 2.12. The molecule has 20 heavy (non-hydrogen) atoms. The van der Waals surface area contributed by atoms with Crippen molar-refractivity contribution in [3.8, 4) is 5.75 Å². The van der Waals surface area contributed by atoms with Crippen LogP contribution in [0.5, 0.6) is 5.75 Å². The van der Waals surface area contributed by atoms with Crippen LogP contribution < -0.4 is 9.64 Å². The van der Waals surface area contributed by atoms with Gasteiger partial charge in [0.25, 0.3) is 0 Å². The van der Waals surface area contributed by atoms with Gasteiger partial charge in [0.05, 0.1) is 17.8 Å². The Hall–Kier alpha value is -1.19. The van der Waals surface area contributed by atoms with Gasteiger partial charge >= 0.3 is 0 Å². The molecule has 0 spiro atoms. The largest absolute Gasteiger partial charge is 0.497 e. The summed E-state index contributed by atoms with van der Waals surface area (Å²) in [5, 5.41) is 1.59. The Labute approximate surface area is 133 Å². The highest BCUT2D eigenvalue weighted by atomic mass is 79.9. The van der Waals surface area contributed by atoms with E-state index in [0.717, 1.165) is 28.3 Å². The van der Waals surface area contributed by atoms with E-state index in [0.29, 0.717) is 0 Å². The fourth-order valence-electron chi connectivity index (χ4n) is 2.03. The molecule has 0 N–H and O–H groups in total. The van der Waals surface area contributed by atoms with Crippen LogP contribution in [0.25, 0.3) is 0 Å². The predicted molar refractivity (Wildman–Crippen MR) is 89.2 cm³/mol. The van der Waals surface area contributed by atoms with E-state index in [1.165, 1.54) is 11.1 Å². The zero-order chi connectivity index (χ0) is 14.5. The normalized spacial score (nSPS) is 10.4. The molecule has 0 bridgehead atoms. The van der Waals surface area contributed by atoms with E-state index in [-0.39, 0.29) is 0 Å². The molecule has 0 heterocycles. The number of hydrogen-bond acceptors (Lipinski definition) is 2. The van der Waals surface area contributed by atoms with Crippen LogP contribution in [0.1, 0.15) is 11.1 Å². The summed E-state index contributed by atoms with van der Waals surface area (Å²) in [6.07, 6.45) is 0. The first-order valence-electron chi connectivity index (χ1n) is 6.32. The molecule has 4 heteroatoms. The Morgan fingerprint density at radius 2 is 1.75 bits per heavy atom. The van der Waals surface area contributed by atoms with Gasteiger partial charge < -0.3 is 9.64 Å². The number of methoxy groups -OCH3 is 1. The van der Waals surface area contributed by atoms with Crippen LogP contribution in [0, 0.1) is 0 Å². The molecule has 0 saturated carbocycles. The summed E-state index contributed by atoms with van der Waals surface area (Å²) in [6, 6.07) is 14.2. The van der Waals surface area contributed by atoms with E-state index in [1.807, 2.05) is 25.2 Å². The highest BCUT2D eigenvalue weighted by molar-refractivity contribution is 9.08. The smallest absolute Gasteiger partial charge is 0.118 e. The maximum Gasteiger partial charge on any atom is 0.118 e. The number of halogens is 2. The third kappa shape index (κ3) is 3.68. The van der Waals surface area contributed by atoms with Gasteiger partial charge in [-0.15, -0.1) is 0 Å². The van der Waals surface area contributed by atoms with Crippen molar-refractivity contribution in [1.29, 1.82) is 0 Å². The number of alkyl halides is 1. The lowest BCUT2D eigenvalue weighted by Crippen LogP contribution is -2.16. The van der Waals surface area contributed by atoms with Gasteiger partial charge in [0, 0.05) is 18.9 Å². The van der Waals surface area contributed by atoms with Crippen LogP contribution in [-0.4, -0.2) is 14.2 Å². The average molecular weight is 355 g/mol. The Morgan fingerprint density at radius 3 is 2.30 bits per heavy atom. The summed E-state index contributed by atoms with van der Waals surface area (Å²) in [7, 11) is 3.71. The molecule has 106 valence electrons. The minimum absolute atomic E-state index is 0.776. The summed E-state index contributed by atoms with van der Waals surface area (Å²) in [4.78, 5) is 2.14. The van der Waals surface area contributed by atoms with E-state index >= 15 is 0 Å². The molecular formula is C16H17BrClNO. The molecule has 0 aliphatic heterocycles. The van der Waals surface area contributed by atoms with Crippen molar-refractivity contribution in [2.24, 2.45) is 0 Å². The molecule has 0 atom stereocenters. The maximum atomic E-state index is 6.33. The first-order valence-corrected chi connectivity index (χ1v) is 7.82. The van der Waals surface area contributed by atoms with Crippen molar-refractivity contribution in [2.75, 3.05) is 19.1 Å². The summed E-state index contributed by atoms with van der Waals surface area (Å²) < 4.78 is 5.16. The van der Waals surface area contributed by atoms with E-state index in [1.54, 1.807) is 7.11 Å². The molecule has 0 fully saturated rings. The van der Waals surface area contributed by atoms with Gasteiger partial charge in [-0.3, -0.25) is 0 Å². The standard InChI is InChI=1S/C16H17BrClNO/c1-19(11-12-3-6-14(20-2)7-4-12)16-8-5-13(10-17)9-15(16)18/h3-9H,10-11H2,1-2H3. The third-order valence-electron chi connectivity index (χ3n) is 3.16. The molecule has 0 radical (unpaired) electrons. The van der Waals surface area contributed by atoms with Crippen LogP contribution in [0.4, 0.5) is 5.69 Å². The lowest BCUT2D eigenvalue weighted by Gasteiger charge is -2.21. The van der Waals surface area contributed by atoms with Crippen molar-refractivity contribution in [3.05, 3.63) is 58.6 Å². The zero-order valence-electron chi connectivity index (χ0n) is 11.6. The third-order valence-corrected chi connectivity index (χ3v) is 4.11. The number of nitrogens with zero attached hydrogens (tertiary/aromatic N) is 1. The van der Waals surface area contributed by atoms with E-state index in [2.05, 4.69) is 45.1 Å². The average Bonchev–Trinajstić information content (AvgIpc) is 2.47. The lowest BCUT2D eigenvalue weighted by atomic mass is 10.1. The van der Waals surface area contributed by atoms with Crippen LogP contribution in [-0.2, 0) is 11.9 Å². The van der Waals surface area contributed by atoms with Gasteiger partial charge in [-0.25, -0.2) is 0 Å². The number of anilines is 1. The monoisotopic (exact) mass is 353 g/mol. The van der Waals surface area contributed by atoms with Gasteiger partial charge in [0.1, 0.15) is 5.75 Å². The molecule has 2 aromatic rings. The highest BCUT2D eigenvalue weighted by Gasteiger charge is 2.07. The molecule has 0 aliphatic rings. The molecule has 2 aromatic carbocycles. The molecular weight excluding hydrogens is 338 g/mol. The first kappa shape index (κ1) is 15.2. The summed E-state index contributed by atoms with van der Waals surface area (Å²) in [6.45, 7) is 0.803. The Morgan fingerprint density at radius 1 is 1.10 bits per heavy atom.